The van der Waals surface area contributed by atoms with Crippen molar-refractivity contribution in [3.8, 4) is 0 Å². The van der Waals surface area contributed by atoms with Gasteiger partial charge in [-0.25, -0.2) is 0 Å². The Balaban J connectivity index is 1.74. The molecule has 1 aromatic heterocycles. The van der Waals surface area contributed by atoms with Crippen molar-refractivity contribution in [3.05, 3.63) is 69.6 Å². The third kappa shape index (κ3) is 2.69. The van der Waals surface area contributed by atoms with Gasteiger partial charge in [0.15, 0.2) is 0 Å². The minimum absolute atomic E-state index is 0.135. The van der Waals surface area contributed by atoms with Gasteiger partial charge in [-0.1, -0.05) is 18.2 Å². The van der Waals surface area contributed by atoms with Crippen molar-refractivity contribution in [2.24, 2.45) is 0 Å². The van der Waals surface area contributed by atoms with Crippen LogP contribution in [0, 0.1) is 10.1 Å². The Morgan fingerprint density at radius 2 is 1.85 bits per heavy atom. The second-order valence-electron chi connectivity index (χ2n) is 4.30. The summed E-state index contributed by atoms with van der Waals surface area (Å²) in [6.45, 7) is 0. The molecule has 20 heavy (non-hydrogen) atoms. The van der Waals surface area contributed by atoms with Crippen LogP contribution in [0.2, 0.25) is 0 Å². The first-order valence-electron chi connectivity index (χ1n) is 6.06. The standard InChI is InChI=1S/C15H11NO2S2/c17-16(18)12-5-7-13(8-6-12)19-9-11-10-20-15-4-2-1-3-14(11)15/h1-8,10H,9H2. The average molecular weight is 301 g/mol. The monoisotopic (exact) mass is 301 g/mol. The molecule has 0 aliphatic rings. The Kier molecular flexibility index (Phi) is 3.71. The lowest BCUT2D eigenvalue weighted by Gasteiger charge is -2.01. The van der Waals surface area contributed by atoms with Crippen LogP contribution >= 0.6 is 23.1 Å². The maximum absolute atomic E-state index is 10.6. The lowest BCUT2D eigenvalue weighted by atomic mass is 10.2. The first-order chi connectivity index (χ1) is 9.74. The van der Waals surface area contributed by atoms with E-state index in [0.717, 1.165) is 10.6 Å². The van der Waals surface area contributed by atoms with Gasteiger partial charge in [0.05, 0.1) is 4.92 Å². The maximum atomic E-state index is 10.6. The summed E-state index contributed by atoms with van der Waals surface area (Å²) in [5, 5.41) is 14.1. The van der Waals surface area contributed by atoms with Gasteiger partial charge in [-0.3, -0.25) is 10.1 Å². The number of nitro benzene ring substituents is 1. The van der Waals surface area contributed by atoms with Crippen LogP contribution in [0.15, 0.2) is 58.8 Å². The Bertz CT molecular complexity index is 750. The van der Waals surface area contributed by atoms with Gasteiger partial charge >= 0.3 is 0 Å². The Hall–Kier alpha value is -1.85. The van der Waals surface area contributed by atoms with E-state index in [9.17, 15) is 10.1 Å². The SMILES string of the molecule is O=[N+]([O-])c1ccc(SCc2csc3ccccc23)cc1. The molecule has 0 radical (unpaired) electrons. The lowest BCUT2D eigenvalue weighted by Crippen LogP contribution is -1.86. The summed E-state index contributed by atoms with van der Waals surface area (Å²) < 4.78 is 1.30. The van der Waals surface area contributed by atoms with Gasteiger partial charge in [-0.2, -0.15) is 0 Å². The summed E-state index contributed by atoms with van der Waals surface area (Å²) in [7, 11) is 0. The van der Waals surface area contributed by atoms with E-state index in [1.807, 2.05) is 6.07 Å². The van der Waals surface area contributed by atoms with E-state index in [1.165, 1.54) is 15.6 Å². The molecule has 0 spiro atoms. The summed E-state index contributed by atoms with van der Waals surface area (Å²) in [5.41, 5.74) is 1.45. The summed E-state index contributed by atoms with van der Waals surface area (Å²) >= 11 is 3.45. The van der Waals surface area contributed by atoms with Crippen LogP contribution in [0.5, 0.6) is 0 Å². The highest BCUT2D eigenvalue weighted by Crippen LogP contribution is 2.31. The fourth-order valence-electron chi connectivity index (χ4n) is 1.97. The van der Waals surface area contributed by atoms with Crippen LogP contribution in [-0.2, 0) is 5.75 Å². The smallest absolute Gasteiger partial charge is 0.258 e. The van der Waals surface area contributed by atoms with Gasteiger partial charge in [0, 0.05) is 27.5 Å². The number of thiophene rings is 1. The molecular weight excluding hydrogens is 290 g/mol. The Morgan fingerprint density at radius 1 is 1.10 bits per heavy atom. The van der Waals surface area contributed by atoms with Crippen molar-refractivity contribution in [2.75, 3.05) is 0 Å². The highest BCUT2D eigenvalue weighted by Gasteiger charge is 2.06. The molecule has 5 heteroatoms. The largest absolute Gasteiger partial charge is 0.269 e. The normalized spacial score (nSPS) is 10.8. The molecule has 0 aliphatic heterocycles. The minimum atomic E-state index is -0.374. The van der Waals surface area contributed by atoms with Crippen LogP contribution in [0.25, 0.3) is 10.1 Å². The second kappa shape index (κ2) is 5.64. The van der Waals surface area contributed by atoms with Crippen molar-refractivity contribution in [1.82, 2.24) is 0 Å². The van der Waals surface area contributed by atoms with Crippen LogP contribution in [0.4, 0.5) is 5.69 Å². The van der Waals surface area contributed by atoms with Gasteiger partial charge < -0.3 is 0 Å². The molecule has 0 unspecified atom stereocenters. The van der Waals surface area contributed by atoms with Crippen LogP contribution in [0.1, 0.15) is 5.56 Å². The zero-order valence-corrected chi connectivity index (χ0v) is 12.1. The van der Waals surface area contributed by atoms with Crippen molar-refractivity contribution in [3.63, 3.8) is 0 Å². The molecule has 0 saturated heterocycles. The topological polar surface area (TPSA) is 43.1 Å². The summed E-state index contributed by atoms with van der Waals surface area (Å²) in [6, 6.07) is 15.1. The van der Waals surface area contributed by atoms with E-state index in [0.29, 0.717) is 0 Å². The molecule has 3 rings (SSSR count). The summed E-state index contributed by atoms with van der Waals surface area (Å²) in [5.74, 6) is 0.877. The van der Waals surface area contributed by atoms with Crippen molar-refractivity contribution < 1.29 is 4.92 Å². The molecule has 0 amide bonds. The number of non-ortho nitro benzene ring substituents is 1. The zero-order chi connectivity index (χ0) is 13.9. The summed E-state index contributed by atoms with van der Waals surface area (Å²) in [4.78, 5) is 11.3. The van der Waals surface area contributed by atoms with E-state index in [1.54, 1.807) is 47.4 Å². The predicted octanol–water partition coefficient (Wildman–Crippen LogP) is 5.10. The van der Waals surface area contributed by atoms with E-state index in [-0.39, 0.29) is 10.6 Å². The molecule has 0 N–H and O–H groups in total. The number of hydrogen-bond acceptors (Lipinski definition) is 4. The number of fused-ring (bicyclic) bond motifs is 1. The molecule has 0 atom stereocenters. The predicted molar refractivity (Wildman–Crippen MR) is 84.5 cm³/mol. The highest BCUT2D eigenvalue weighted by atomic mass is 32.2. The van der Waals surface area contributed by atoms with Gasteiger partial charge in [0.25, 0.3) is 5.69 Å². The average Bonchev–Trinajstić information content (AvgIpc) is 2.89. The molecule has 1 heterocycles. The first-order valence-corrected chi connectivity index (χ1v) is 7.93. The molecule has 100 valence electrons. The van der Waals surface area contributed by atoms with E-state index in [4.69, 9.17) is 0 Å². The number of benzene rings is 2. The molecule has 3 aromatic rings. The lowest BCUT2D eigenvalue weighted by molar-refractivity contribution is -0.384. The molecule has 0 fully saturated rings. The molecular formula is C15H11NO2S2. The fourth-order valence-corrected chi connectivity index (χ4v) is 3.93. The Morgan fingerprint density at radius 3 is 2.60 bits per heavy atom. The Labute approximate surface area is 124 Å². The van der Waals surface area contributed by atoms with Crippen molar-refractivity contribution in [1.29, 1.82) is 0 Å². The van der Waals surface area contributed by atoms with Gasteiger partial charge in [0.1, 0.15) is 0 Å². The quantitative estimate of drug-likeness (QED) is 0.382. The summed E-state index contributed by atoms with van der Waals surface area (Å²) in [6.07, 6.45) is 0. The second-order valence-corrected chi connectivity index (χ2v) is 6.26. The van der Waals surface area contributed by atoms with E-state index >= 15 is 0 Å². The van der Waals surface area contributed by atoms with Crippen LogP contribution in [-0.4, -0.2) is 4.92 Å². The molecule has 0 aliphatic carbocycles. The molecule has 0 saturated carbocycles. The van der Waals surface area contributed by atoms with E-state index in [2.05, 4.69) is 23.6 Å². The molecule has 2 aromatic carbocycles. The number of nitrogens with zero attached hydrogens (tertiary/aromatic N) is 1. The number of nitro groups is 1. The number of rotatable bonds is 4. The fraction of sp³-hybridized carbons (Fsp3) is 0.0667. The van der Waals surface area contributed by atoms with E-state index < -0.39 is 0 Å². The third-order valence-electron chi connectivity index (χ3n) is 3.00. The first kappa shape index (κ1) is 13.1. The number of hydrogen-bond donors (Lipinski definition) is 0. The maximum Gasteiger partial charge on any atom is 0.269 e. The van der Waals surface area contributed by atoms with Crippen molar-refractivity contribution >= 4 is 38.9 Å². The number of thioether (sulfide) groups is 1. The van der Waals surface area contributed by atoms with Crippen LogP contribution in [0.3, 0.4) is 0 Å². The van der Waals surface area contributed by atoms with Crippen LogP contribution < -0.4 is 0 Å². The third-order valence-corrected chi connectivity index (χ3v) is 5.08. The minimum Gasteiger partial charge on any atom is -0.258 e. The van der Waals surface area contributed by atoms with Gasteiger partial charge in [-0.05, 0) is 34.5 Å². The van der Waals surface area contributed by atoms with Crippen molar-refractivity contribution in [2.45, 2.75) is 10.6 Å². The van der Waals surface area contributed by atoms with Gasteiger partial charge in [-0.15, -0.1) is 23.1 Å². The molecule has 0 bridgehead atoms. The zero-order valence-electron chi connectivity index (χ0n) is 10.5. The molecule has 3 nitrogen and oxygen atoms in total. The highest BCUT2D eigenvalue weighted by molar-refractivity contribution is 7.98. The van der Waals surface area contributed by atoms with Gasteiger partial charge in [0.2, 0.25) is 0 Å².